The summed E-state index contributed by atoms with van der Waals surface area (Å²) < 4.78 is 0. The van der Waals surface area contributed by atoms with E-state index in [1.165, 1.54) is 12.8 Å². The number of unbranched alkanes of at least 4 members (excludes halogenated alkanes) is 1. The number of hydrogen-bond donors (Lipinski definition) is 0. The number of carbonyl (C=O) groups excluding carboxylic acids is 1. The molecule has 1 amide bonds. The first kappa shape index (κ1) is 8.57. The average Bonchev–Trinajstić information content (AvgIpc) is 2.52. The molecule has 0 aromatic rings. The molecule has 0 aromatic heterocycles. The van der Waals surface area contributed by atoms with Crippen molar-refractivity contribution in [3.05, 3.63) is 6.42 Å². The largest absolute Gasteiger partial charge is 0.342 e. The average molecular weight is 154 g/mol. The quantitative estimate of drug-likeness (QED) is 0.604. The molecule has 0 aliphatic carbocycles. The fourth-order valence-corrected chi connectivity index (χ4v) is 1.33. The van der Waals surface area contributed by atoms with Gasteiger partial charge in [-0.1, -0.05) is 13.3 Å². The molecule has 0 unspecified atom stereocenters. The van der Waals surface area contributed by atoms with Crippen molar-refractivity contribution in [3.8, 4) is 0 Å². The topological polar surface area (TPSA) is 20.3 Å². The third-order valence-electron chi connectivity index (χ3n) is 2.03. The fourth-order valence-electron chi connectivity index (χ4n) is 1.33. The summed E-state index contributed by atoms with van der Waals surface area (Å²) in [5.74, 6) is 0.240. The van der Waals surface area contributed by atoms with Crippen LogP contribution >= 0.6 is 0 Å². The van der Waals surface area contributed by atoms with Crippen molar-refractivity contribution in [2.45, 2.75) is 32.6 Å². The van der Waals surface area contributed by atoms with Gasteiger partial charge in [-0.05, 0) is 19.3 Å². The summed E-state index contributed by atoms with van der Waals surface area (Å²) >= 11 is 0. The van der Waals surface area contributed by atoms with Gasteiger partial charge in [0.25, 0.3) is 0 Å². The molecule has 0 saturated carbocycles. The smallest absolute Gasteiger partial charge is 0.226 e. The molecule has 2 nitrogen and oxygen atoms in total. The van der Waals surface area contributed by atoms with Crippen LogP contribution < -0.4 is 0 Å². The molecule has 1 aliphatic rings. The van der Waals surface area contributed by atoms with Crippen LogP contribution in [0.1, 0.15) is 32.6 Å². The van der Waals surface area contributed by atoms with Crippen molar-refractivity contribution in [2.24, 2.45) is 0 Å². The van der Waals surface area contributed by atoms with E-state index in [0.29, 0.717) is 0 Å². The Kier molecular flexibility index (Phi) is 3.40. The zero-order valence-corrected chi connectivity index (χ0v) is 7.18. The Balaban J connectivity index is 2.17. The van der Waals surface area contributed by atoms with Crippen LogP contribution in [0.3, 0.4) is 0 Å². The lowest BCUT2D eigenvalue weighted by Gasteiger charge is -2.13. The van der Waals surface area contributed by atoms with Crippen LogP contribution in [-0.2, 0) is 4.79 Å². The monoisotopic (exact) mass is 154 g/mol. The molecule has 63 valence electrons. The molecule has 0 aromatic carbocycles. The van der Waals surface area contributed by atoms with E-state index in [2.05, 4.69) is 6.92 Å². The highest BCUT2D eigenvalue weighted by atomic mass is 16.2. The Bertz CT molecular complexity index is 128. The van der Waals surface area contributed by atoms with Gasteiger partial charge in [0.1, 0.15) is 0 Å². The fraction of sp³-hybridized carbons (Fsp3) is 0.778. The minimum Gasteiger partial charge on any atom is -0.342 e. The van der Waals surface area contributed by atoms with E-state index in [4.69, 9.17) is 0 Å². The van der Waals surface area contributed by atoms with Gasteiger partial charge in [-0.3, -0.25) is 4.79 Å². The third-order valence-corrected chi connectivity index (χ3v) is 2.03. The van der Waals surface area contributed by atoms with Crippen LogP contribution in [0.4, 0.5) is 0 Å². The Morgan fingerprint density at radius 3 is 2.64 bits per heavy atom. The van der Waals surface area contributed by atoms with Crippen LogP contribution in [0, 0.1) is 6.42 Å². The van der Waals surface area contributed by atoms with E-state index < -0.39 is 0 Å². The second kappa shape index (κ2) is 4.37. The van der Waals surface area contributed by atoms with E-state index >= 15 is 0 Å². The van der Waals surface area contributed by atoms with Crippen LogP contribution in [0.5, 0.6) is 0 Å². The highest BCUT2D eigenvalue weighted by molar-refractivity contribution is 5.84. The molecule has 1 rings (SSSR count). The van der Waals surface area contributed by atoms with Crippen molar-refractivity contribution in [3.63, 3.8) is 0 Å². The first-order valence-electron chi connectivity index (χ1n) is 4.46. The number of nitrogens with zero attached hydrogens (tertiary/aromatic N) is 1. The Morgan fingerprint density at radius 1 is 1.45 bits per heavy atom. The van der Waals surface area contributed by atoms with Gasteiger partial charge in [0.05, 0.1) is 0 Å². The van der Waals surface area contributed by atoms with Crippen molar-refractivity contribution < 1.29 is 4.79 Å². The van der Waals surface area contributed by atoms with E-state index in [1.807, 2.05) is 11.3 Å². The van der Waals surface area contributed by atoms with Gasteiger partial charge in [0.15, 0.2) is 0 Å². The number of rotatable bonds is 3. The Hall–Kier alpha value is -0.530. The van der Waals surface area contributed by atoms with Crippen molar-refractivity contribution in [1.29, 1.82) is 0 Å². The number of amides is 1. The third kappa shape index (κ3) is 2.52. The summed E-state index contributed by atoms with van der Waals surface area (Å²) in [6.07, 6.45) is 6.18. The second-order valence-electron chi connectivity index (χ2n) is 3.03. The van der Waals surface area contributed by atoms with Gasteiger partial charge < -0.3 is 4.90 Å². The molecule has 0 N–H and O–H groups in total. The summed E-state index contributed by atoms with van der Waals surface area (Å²) in [5, 5.41) is 0. The van der Waals surface area contributed by atoms with Crippen LogP contribution in [0.25, 0.3) is 0 Å². The minimum atomic E-state index is 0.240. The molecule has 0 bridgehead atoms. The normalized spacial score (nSPS) is 17.4. The highest BCUT2D eigenvalue weighted by Gasteiger charge is 2.16. The Labute approximate surface area is 68.6 Å². The van der Waals surface area contributed by atoms with Crippen molar-refractivity contribution >= 4 is 5.91 Å². The maximum atomic E-state index is 11.3. The summed E-state index contributed by atoms with van der Waals surface area (Å²) in [4.78, 5) is 13.2. The number of likely N-dealkylation sites (tertiary alicyclic amines) is 1. The molecule has 1 radical (unpaired) electrons. The van der Waals surface area contributed by atoms with Crippen LogP contribution in [0.15, 0.2) is 0 Å². The molecule has 1 aliphatic heterocycles. The number of carbonyl (C=O) groups is 1. The van der Waals surface area contributed by atoms with E-state index in [-0.39, 0.29) is 5.91 Å². The van der Waals surface area contributed by atoms with Gasteiger partial charge in [0.2, 0.25) is 5.91 Å². The maximum Gasteiger partial charge on any atom is 0.226 e. The van der Waals surface area contributed by atoms with Gasteiger partial charge in [-0.15, -0.1) is 0 Å². The Morgan fingerprint density at radius 2 is 2.09 bits per heavy atom. The summed E-state index contributed by atoms with van der Waals surface area (Å²) in [6.45, 7) is 4.03. The molecule has 2 heteroatoms. The van der Waals surface area contributed by atoms with E-state index in [9.17, 15) is 4.79 Å². The van der Waals surface area contributed by atoms with Gasteiger partial charge in [-0.25, -0.2) is 0 Å². The first-order valence-corrected chi connectivity index (χ1v) is 4.46. The summed E-state index contributed by atoms with van der Waals surface area (Å²) in [6, 6.07) is 0. The molecule has 11 heavy (non-hydrogen) atoms. The van der Waals surface area contributed by atoms with Crippen molar-refractivity contribution in [1.82, 2.24) is 4.90 Å². The van der Waals surface area contributed by atoms with Crippen LogP contribution in [-0.4, -0.2) is 23.9 Å². The van der Waals surface area contributed by atoms with Gasteiger partial charge >= 0.3 is 0 Å². The summed E-state index contributed by atoms with van der Waals surface area (Å²) in [5.41, 5.74) is 0. The summed E-state index contributed by atoms with van der Waals surface area (Å²) in [7, 11) is 0. The zero-order valence-electron chi connectivity index (χ0n) is 7.18. The second-order valence-corrected chi connectivity index (χ2v) is 3.03. The first-order chi connectivity index (χ1) is 5.34. The molecule has 0 spiro atoms. The van der Waals surface area contributed by atoms with E-state index in [1.54, 1.807) is 0 Å². The predicted octanol–water partition coefficient (Wildman–Crippen LogP) is 1.61. The van der Waals surface area contributed by atoms with E-state index in [0.717, 1.165) is 25.9 Å². The molecule has 1 heterocycles. The highest BCUT2D eigenvalue weighted by Crippen LogP contribution is 2.09. The lowest BCUT2D eigenvalue weighted by molar-refractivity contribution is -0.126. The standard InChI is InChI=1S/C9H16NO/c1-2-3-6-9(11)10-7-4-5-8-10/h6H,2-5,7-8H2,1H3. The lowest BCUT2D eigenvalue weighted by atomic mass is 10.2. The van der Waals surface area contributed by atoms with Gasteiger partial charge in [-0.2, -0.15) is 0 Å². The zero-order chi connectivity index (χ0) is 8.10. The maximum absolute atomic E-state index is 11.3. The SMILES string of the molecule is CCC[CH]C(=O)N1CCCC1. The van der Waals surface area contributed by atoms with Gasteiger partial charge in [0, 0.05) is 19.5 Å². The minimum absolute atomic E-state index is 0.240. The molecule has 1 saturated heterocycles. The van der Waals surface area contributed by atoms with Crippen LogP contribution in [0.2, 0.25) is 0 Å². The molecule has 0 atom stereocenters. The molecular weight excluding hydrogens is 138 g/mol. The molecular formula is C9H16NO. The lowest BCUT2D eigenvalue weighted by Crippen LogP contribution is -2.27. The molecule has 1 fully saturated rings. The predicted molar refractivity (Wildman–Crippen MR) is 45.0 cm³/mol. The van der Waals surface area contributed by atoms with Crippen molar-refractivity contribution in [2.75, 3.05) is 13.1 Å². The number of hydrogen-bond acceptors (Lipinski definition) is 1.